The zero-order valence-electron chi connectivity index (χ0n) is 12.5. The number of amides is 1. The molecule has 1 aliphatic carbocycles. The van der Waals surface area contributed by atoms with E-state index in [2.05, 4.69) is 6.92 Å². The Morgan fingerprint density at radius 2 is 2.10 bits per heavy atom. The van der Waals surface area contributed by atoms with Gasteiger partial charge in [-0.3, -0.25) is 4.79 Å². The molecule has 1 aliphatic rings. The fourth-order valence-corrected chi connectivity index (χ4v) is 3.69. The molecule has 1 aromatic rings. The Bertz CT molecular complexity index is 556. The van der Waals surface area contributed by atoms with Gasteiger partial charge in [-0.05, 0) is 35.9 Å². The van der Waals surface area contributed by atoms with Gasteiger partial charge in [-0.15, -0.1) is 11.3 Å². The van der Waals surface area contributed by atoms with E-state index in [1.165, 1.54) is 11.3 Å². The third-order valence-corrected chi connectivity index (χ3v) is 5.00. The number of thiophene rings is 1. The first-order chi connectivity index (χ1) is 9.90. The second kappa shape index (κ2) is 6.43. The minimum atomic E-state index is -0.952. The van der Waals surface area contributed by atoms with Gasteiger partial charge in [0.2, 0.25) is 5.91 Å². The first-order valence-corrected chi connectivity index (χ1v) is 8.03. The maximum atomic E-state index is 12.5. The number of hydrogen-bond donors (Lipinski definition) is 1. The third kappa shape index (κ3) is 3.94. The highest BCUT2D eigenvalue weighted by molar-refractivity contribution is 7.11. The lowest BCUT2D eigenvalue weighted by atomic mass is 9.87. The van der Waals surface area contributed by atoms with Gasteiger partial charge in [0, 0.05) is 30.0 Å². The van der Waals surface area contributed by atoms with E-state index in [1.54, 1.807) is 11.0 Å². The van der Waals surface area contributed by atoms with Crippen molar-refractivity contribution in [3.05, 3.63) is 28.0 Å². The number of nitrogens with zero attached hydrogens (tertiary/aromatic N) is 1. The van der Waals surface area contributed by atoms with Crippen LogP contribution in [-0.4, -0.2) is 28.9 Å². The average Bonchev–Trinajstić information content (AvgIpc) is 3.05. The van der Waals surface area contributed by atoms with Gasteiger partial charge in [-0.2, -0.15) is 0 Å². The highest BCUT2D eigenvalue weighted by Crippen LogP contribution is 2.39. The van der Waals surface area contributed by atoms with E-state index in [-0.39, 0.29) is 11.3 Å². The molecule has 0 bridgehead atoms. The molecule has 1 N–H and O–H groups in total. The molecule has 0 aromatic carbocycles. The first-order valence-electron chi connectivity index (χ1n) is 7.15. The predicted octanol–water partition coefficient (Wildman–Crippen LogP) is 3.38. The van der Waals surface area contributed by atoms with Crippen molar-refractivity contribution in [2.75, 3.05) is 7.05 Å². The molecule has 4 nitrogen and oxygen atoms in total. The number of carbonyl (C=O) groups is 2. The van der Waals surface area contributed by atoms with E-state index >= 15 is 0 Å². The predicted molar refractivity (Wildman–Crippen MR) is 84.0 cm³/mol. The molecule has 5 heteroatoms. The van der Waals surface area contributed by atoms with Crippen LogP contribution < -0.4 is 0 Å². The fourth-order valence-electron chi connectivity index (χ4n) is 2.89. The third-order valence-electron chi connectivity index (χ3n) is 4.05. The van der Waals surface area contributed by atoms with Gasteiger partial charge in [0.1, 0.15) is 0 Å². The molecule has 0 spiro atoms. The number of carboxylic acids is 1. The Hall–Kier alpha value is -1.62. The smallest absolute Gasteiger partial charge is 0.328 e. The van der Waals surface area contributed by atoms with Gasteiger partial charge in [0.25, 0.3) is 0 Å². The van der Waals surface area contributed by atoms with E-state index < -0.39 is 5.97 Å². The number of hydrogen-bond acceptors (Lipinski definition) is 3. The van der Waals surface area contributed by atoms with Gasteiger partial charge in [-0.25, -0.2) is 4.79 Å². The molecule has 1 amide bonds. The van der Waals surface area contributed by atoms with Crippen LogP contribution in [0, 0.1) is 5.41 Å². The summed E-state index contributed by atoms with van der Waals surface area (Å²) >= 11 is 1.49. The van der Waals surface area contributed by atoms with Crippen molar-refractivity contribution in [1.29, 1.82) is 0 Å². The molecule has 0 aliphatic heterocycles. The van der Waals surface area contributed by atoms with Crippen molar-refractivity contribution in [2.45, 2.75) is 39.2 Å². The van der Waals surface area contributed by atoms with Gasteiger partial charge in [0.15, 0.2) is 0 Å². The summed E-state index contributed by atoms with van der Waals surface area (Å²) in [6.07, 6.45) is 6.94. The SMILES string of the molecule is CN(Cc1csc(/C=C/C(=O)O)c1)C(=O)C1(C)CCCC1. The van der Waals surface area contributed by atoms with E-state index in [9.17, 15) is 9.59 Å². The molecule has 0 unspecified atom stereocenters. The summed E-state index contributed by atoms with van der Waals surface area (Å²) in [7, 11) is 1.84. The van der Waals surface area contributed by atoms with Crippen molar-refractivity contribution in [1.82, 2.24) is 4.90 Å². The van der Waals surface area contributed by atoms with Gasteiger partial charge in [-0.1, -0.05) is 19.8 Å². The molecule has 1 saturated carbocycles. The van der Waals surface area contributed by atoms with Gasteiger partial charge >= 0.3 is 5.97 Å². The van der Waals surface area contributed by atoms with Gasteiger partial charge < -0.3 is 10.0 Å². The molecular formula is C16H21NO3S. The maximum Gasteiger partial charge on any atom is 0.328 e. The van der Waals surface area contributed by atoms with Crippen LogP contribution in [0.15, 0.2) is 17.5 Å². The summed E-state index contributed by atoms with van der Waals surface area (Å²) in [4.78, 5) is 25.7. The zero-order chi connectivity index (χ0) is 15.5. The second-order valence-electron chi connectivity index (χ2n) is 5.96. The summed E-state index contributed by atoms with van der Waals surface area (Å²) in [5.74, 6) is -0.736. The fraction of sp³-hybridized carbons (Fsp3) is 0.500. The summed E-state index contributed by atoms with van der Waals surface area (Å²) < 4.78 is 0. The minimum absolute atomic E-state index is 0.198. The van der Waals surface area contributed by atoms with Crippen LogP contribution >= 0.6 is 11.3 Å². The average molecular weight is 307 g/mol. The minimum Gasteiger partial charge on any atom is -0.478 e. The molecule has 2 rings (SSSR count). The zero-order valence-corrected chi connectivity index (χ0v) is 13.3. The van der Waals surface area contributed by atoms with Crippen LogP contribution in [0.25, 0.3) is 6.08 Å². The molecular weight excluding hydrogens is 286 g/mol. The Kier molecular flexibility index (Phi) is 4.83. The topological polar surface area (TPSA) is 57.6 Å². The Labute approximate surface area is 129 Å². The van der Waals surface area contributed by atoms with Crippen LogP contribution in [0.3, 0.4) is 0 Å². The summed E-state index contributed by atoms with van der Waals surface area (Å²) in [5, 5.41) is 10.6. The van der Waals surface area contributed by atoms with Gasteiger partial charge in [0.05, 0.1) is 0 Å². The second-order valence-corrected chi connectivity index (χ2v) is 6.90. The van der Waals surface area contributed by atoms with Crippen molar-refractivity contribution in [3.63, 3.8) is 0 Å². The molecule has 21 heavy (non-hydrogen) atoms. The molecule has 114 valence electrons. The number of carboxylic acid groups (broad SMARTS) is 1. The van der Waals surface area contributed by atoms with Crippen LogP contribution in [0.2, 0.25) is 0 Å². The highest BCUT2D eigenvalue weighted by atomic mass is 32.1. The van der Waals surface area contributed by atoms with Crippen LogP contribution in [0.1, 0.15) is 43.0 Å². The monoisotopic (exact) mass is 307 g/mol. The van der Waals surface area contributed by atoms with Crippen molar-refractivity contribution in [3.8, 4) is 0 Å². The Morgan fingerprint density at radius 1 is 1.43 bits per heavy atom. The summed E-state index contributed by atoms with van der Waals surface area (Å²) in [6, 6.07) is 1.94. The lowest BCUT2D eigenvalue weighted by Crippen LogP contribution is -2.38. The maximum absolute atomic E-state index is 12.5. The van der Waals surface area contributed by atoms with Crippen LogP contribution in [0.4, 0.5) is 0 Å². The number of aliphatic carboxylic acids is 1. The molecule has 0 radical (unpaired) electrons. The largest absolute Gasteiger partial charge is 0.478 e. The Morgan fingerprint density at radius 3 is 2.71 bits per heavy atom. The Balaban J connectivity index is 1.98. The molecule has 1 aromatic heterocycles. The molecule has 1 fully saturated rings. The van der Waals surface area contributed by atoms with E-state index in [4.69, 9.17) is 5.11 Å². The quantitative estimate of drug-likeness (QED) is 0.848. The first kappa shape index (κ1) is 15.8. The molecule has 0 saturated heterocycles. The lowest BCUT2D eigenvalue weighted by Gasteiger charge is -2.28. The standard InChI is InChI=1S/C16H21NO3S/c1-16(7-3-4-8-16)15(20)17(2)10-12-9-13(21-11-12)5-6-14(18)19/h5-6,9,11H,3-4,7-8,10H2,1-2H3,(H,18,19)/b6-5+. The normalized spacial score (nSPS) is 17.2. The summed E-state index contributed by atoms with van der Waals surface area (Å²) in [6.45, 7) is 2.64. The summed E-state index contributed by atoms with van der Waals surface area (Å²) in [5.41, 5.74) is 0.846. The van der Waals surface area contributed by atoms with Crippen molar-refractivity contribution in [2.24, 2.45) is 5.41 Å². The van der Waals surface area contributed by atoms with Crippen molar-refractivity contribution < 1.29 is 14.7 Å². The molecule has 1 heterocycles. The number of rotatable bonds is 5. The van der Waals surface area contributed by atoms with E-state index in [0.717, 1.165) is 42.2 Å². The van der Waals surface area contributed by atoms with E-state index in [0.29, 0.717) is 6.54 Å². The van der Waals surface area contributed by atoms with Crippen LogP contribution in [-0.2, 0) is 16.1 Å². The van der Waals surface area contributed by atoms with Crippen molar-refractivity contribution >= 4 is 29.3 Å². The molecule has 0 atom stereocenters. The van der Waals surface area contributed by atoms with E-state index in [1.807, 2.05) is 18.5 Å². The number of carbonyl (C=O) groups excluding carboxylic acids is 1. The lowest BCUT2D eigenvalue weighted by molar-refractivity contribution is -0.140. The van der Waals surface area contributed by atoms with Crippen LogP contribution in [0.5, 0.6) is 0 Å². The highest BCUT2D eigenvalue weighted by Gasteiger charge is 2.37.